The molecule has 11 heteroatoms. The van der Waals surface area contributed by atoms with Crippen LogP contribution in [0.2, 0.25) is 5.82 Å². The minimum Gasteiger partial charge on any atom is -0.535 e. The van der Waals surface area contributed by atoms with E-state index in [1.807, 2.05) is 0 Å². The summed E-state index contributed by atoms with van der Waals surface area (Å²) in [4.78, 5) is 27.4. The second kappa shape index (κ2) is 8.00. The molecule has 0 saturated heterocycles. The third-order valence-corrected chi connectivity index (χ3v) is 4.22. The smallest absolute Gasteiger partial charge is 0.526 e. The number of ketones is 1. The van der Waals surface area contributed by atoms with Gasteiger partial charge < -0.3 is 20.5 Å². The second-order valence-electron chi connectivity index (χ2n) is 6.21. The fourth-order valence-electron chi connectivity index (χ4n) is 3.00. The number of nitrogens with two attached hydrogens (primary N) is 1. The van der Waals surface area contributed by atoms with Crippen molar-refractivity contribution in [1.82, 2.24) is 15.0 Å². The first-order valence-electron chi connectivity index (χ1n) is 8.28. The fourth-order valence-corrected chi connectivity index (χ4v) is 3.00. The van der Waals surface area contributed by atoms with Crippen LogP contribution in [0.5, 0.6) is 5.75 Å². The topological polar surface area (TPSA) is 153 Å². The van der Waals surface area contributed by atoms with Gasteiger partial charge in [-0.25, -0.2) is 9.48 Å². The van der Waals surface area contributed by atoms with E-state index in [2.05, 4.69) is 15.3 Å². The monoisotopic (exact) mass is 371 g/mol. The van der Waals surface area contributed by atoms with Crippen LogP contribution in [0, 0.1) is 0 Å². The lowest BCUT2D eigenvalue weighted by molar-refractivity contribution is -0.120. The minimum atomic E-state index is -1.26. The highest BCUT2D eigenvalue weighted by Crippen LogP contribution is 2.36. The average molecular weight is 371 g/mol. The Balaban J connectivity index is 1.64. The normalized spacial score (nSPS) is 16.2. The number of carbonyl (C=O) groups excluding carboxylic acids is 1. The quantitative estimate of drug-likeness (QED) is 0.347. The van der Waals surface area contributed by atoms with Gasteiger partial charge in [0.25, 0.3) is 0 Å². The molecule has 27 heavy (non-hydrogen) atoms. The number of rotatable bonds is 7. The van der Waals surface area contributed by atoms with Gasteiger partial charge in [-0.3, -0.25) is 9.79 Å². The Bertz CT molecular complexity index is 884. The fraction of sp³-hybridized carbons (Fsp3) is 0.312. The highest BCUT2D eigenvalue weighted by atomic mass is 16.5. The Morgan fingerprint density at radius 1 is 1.48 bits per heavy atom. The van der Waals surface area contributed by atoms with Crippen LogP contribution in [0.1, 0.15) is 28.0 Å². The maximum absolute atomic E-state index is 12.3. The first-order valence-corrected chi connectivity index (χ1v) is 8.28. The molecule has 1 aromatic heterocycles. The van der Waals surface area contributed by atoms with Crippen LogP contribution >= 0.6 is 0 Å². The second-order valence-corrected chi connectivity index (χ2v) is 6.21. The number of aromatic carboxylic acids is 1. The molecule has 0 aliphatic carbocycles. The number of aromatic nitrogens is 3. The molecule has 1 aliphatic heterocycles. The summed E-state index contributed by atoms with van der Waals surface area (Å²) in [5.74, 6) is -1.60. The van der Waals surface area contributed by atoms with E-state index in [0.717, 1.165) is 0 Å². The van der Waals surface area contributed by atoms with Crippen molar-refractivity contribution in [2.45, 2.75) is 31.7 Å². The highest BCUT2D eigenvalue weighted by Gasteiger charge is 2.37. The lowest BCUT2D eigenvalue weighted by atomic mass is 9.64. The number of carboxylic acid groups (broad SMARTS) is 1. The average Bonchev–Trinajstić information content (AvgIpc) is 3.07. The van der Waals surface area contributed by atoms with Gasteiger partial charge in [0.15, 0.2) is 5.78 Å². The van der Waals surface area contributed by atoms with Crippen molar-refractivity contribution in [3.8, 4) is 5.75 Å². The predicted octanol–water partition coefficient (Wildman–Crippen LogP) is -0.0917. The van der Waals surface area contributed by atoms with E-state index in [1.54, 1.807) is 18.3 Å². The van der Waals surface area contributed by atoms with Crippen LogP contribution in [0.4, 0.5) is 0 Å². The number of nitrogens with zero attached hydrogens (tertiary/aromatic N) is 4. The van der Waals surface area contributed by atoms with Gasteiger partial charge in [-0.15, -0.1) is 5.10 Å². The summed E-state index contributed by atoms with van der Waals surface area (Å²) in [6.45, 7) is 0.285. The summed E-state index contributed by atoms with van der Waals surface area (Å²) in [7, 11) is -1.26. The predicted molar refractivity (Wildman–Crippen MR) is 95.5 cm³/mol. The molecule has 140 valence electrons. The SMILES string of the molecule is NC=NCc1cn(CC(=O)C[C@H]2Cc3cccc(C(=O)O)c3OB2O)nn1. The molecular formula is C16H18BN5O5. The number of hydrogen-bond acceptors (Lipinski definition) is 7. The summed E-state index contributed by atoms with van der Waals surface area (Å²) in [5.41, 5.74) is 6.40. The van der Waals surface area contributed by atoms with E-state index in [9.17, 15) is 19.7 Å². The molecule has 2 heterocycles. The molecule has 0 fully saturated rings. The molecule has 1 atom stereocenters. The summed E-state index contributed by atoms with van der Waals surface area (Å²) in [5, 5.41) is 27.2. The first-order chi connectivity index (χ1) is 13.0. The van der Waals surface area contributed by atoms with E-state index in [0.29, 0.717) is 17.7 Å². The van der Waals surface area contributed by atoms with Crippen LogP contribution in [0.25, 0.3) is 0 Å². The van der Waals surface area contributed by atoms with E-state index in [-0.39, 0.29) is 36.6 Å². The van der Waals surface area contributed by atoms with E-state index >= 15 is 0 Å². The molecule has 0 spiro atoms. The summed E-state index contributed by atoms with van der Waals surface area (Å²) < 4.78 is 6.80. The standard InChI is InChI=1S/C16H18BN5O5/c18-9-19-6-12-7-22(21-20-12)8-13(23)5-11-4-10-2-1-3-14(16(24)25)15(10)27-17(11)26/h1-3,7,9,11,26H,4-6,8H2,(H2,18,19)(H,24,25)/t11-/m1/s1. The van der Waals surface area contributed by atoms with Crippen LogP contribution in [0.3, 0.4) is 0 Å². The molecule has 0 bridgehead atoms. The molecule has 3 rings (SSSR count). The maximum atomic E-state index is 12.3. The molecule has 0 saturated carbocycles. The van der Waals surface area contributed by atoms with Crippen LogP contribution in [0.15, 0.2) is 29.4 Å². The molecule has 2 aromatic rings. The van der Waals surface area contributed by atoms with Crippen LogP contribution < -0.4 is 10.4 Å². The maximum Gasteiger partial charge on any atom is 0.526 e. The van der Waals surface area contributed by atoms with Gasteiger partial charge in [-0.2, -0.15) is 0 Å². The number of aliphatic imine (C=N–C) groups is 1. The molecule has 0 radical (unpaired) electrons. The Hall–Kier alpha value is -3.21. The van der Waals surface area contributed by atoms with Crippen molar-refractivity contribution in [3.05, 3.63) is 41.2 Å². The van der Waals surface area contributed by atoms with Crippen molar-refractivity contribution >= 4 is 25.2 Å². The first kappa shape index (κ1) is 18.6. The Morgan fingerprint density at radius 2 is 2.30 bits per heavy atom. The van der Waals surface area contributed by atoms with Gasteiger partial charge in [0.2, 0.25) is 0 Å². The van der Waals surface area contributed by atoms with Crippen molar-refractivity contribution in [2.24, 2.45) is 10.7 Å². The summed E-state index contributed by atoms with van der Waals surface area (Å²) in [6, 6.07) is 4.76. The van der Waals surface area contributed by atoms with E-state index in [4.69, 9.17) is 10.4 Å². The number of Topliss-reactive ketones (excluding diaryl/α,β-unsaturated/α-hetero) is 1. The summed E-state index contributed by atoms with van der Waals surface area (Å²) >= 11 is 0. The molecular weight excluding hydrogens is 353 g/mol. The molecule has 0 unspecified atom stereocenters. The van der Waals surface area contributed by atoms with Gasteiger partial charge in [0, 0.05) is 12.2 Å². The van der Waals surface area contributed by atoms with Gasteiger partial charge in [-0.05, 0) is 18.1 Å². The molecule has 4 N–H and O–H groups in total. The van der Waals surface area contributed by atoms with Gasteiger partial charge in [-0.1, -0.05) is 17.3 Å². The number of benzene rings is 1. The highest BCUT2D eigenvalue weighted by molar-refractivity contribution is 6.47. The molecule has 10 nitrogen and oxygen atoms in total. The molecule has 1 aliphatic rings. The number of carbonyl (C=O) groups is 2. The minimum absolute atomic E-state index is 0.00455. The van der Waals surface area contributed by atoms with Crippen LogP contribution in [-0.2, 0) is 24.3 Å². The van der Waals surface area contributed by atoms with Crippen LogP contribution in [-0.4, -0.2) is 50.3 Å². The Morgan fingerprint density at radius 3 is 3.04 bits per heavy atom. The zero-order valence-corrected chi connectivity index (χ0v) is 14.4. The molecule has 1 aromatic carbocycles. The Labute approximate surface area is 154 Å². The van der Waals surface area contributed by atoms with Crippen molar-refractivity contribution in [3.63, 3.8) is 0 Å². The Kier molecular flexibility index (Phi) is 5.50. The van der Waals surface area contributed by atoms with Crippen molar-refractivity contribution < 1.29 is 24.4 Å². The zero-order valence-electron chi connectivity index (χ0n) is 14.4. The third-order valence-electron chi connectivity index (χ3n) is 4.22. The van der Waals surface area contributed by atoms with E-state index in [1.165, 1.54) is 17.1 Å². The van der Waals surface area contributed by atoms with Gasteiger partial charge in [0.05, 0.1) is 24.6 Å². The van der Waals surface area contributed by atoms with E-state index < -0.39 is 18.9 Å². The third kappa shape index (κ3) is 4.32. The lowest BCUT2D eigenvalue weighted by Gasteiger charge is -2.27. The lowest BCUT2D eigenvalue weighted by Crippen LogP contribution is -2.36. The van der Waals surface area contributed by atoms with Crippen molar-refractivity contribution in [1.29, 1.82) is 0 Å². The number of carboxylic acids is 1. The number of fused-ring (bicyclic) bond motifs is 1. The van der Waals surface area contributed by atoms with Gasteiger partial charge >= 0.3 is 13.1 Å². The van der Waals surface area contributed by atoms with Gasteiger partial charge in [0.1, 0.15) is 18.0 Å². The zero-order chi connectivity index (χ0) is 19.4. The number of hydrogen-bond donors (Lipinski definition) is 3. The summed E-state index contributed by atoms with van der Waals surface area (Å²) in [6.07, 6.45) is 3.18. The largest absolute Gasteiger partial charge is 0.535 e. The number of para-hydroxylation sites is 1. The van der Waals surface area contributed by atoms with Crippen molar-refractivity contribution in [2.75, 3.05) is 0 Å². The molecule has 0 amide bonds.